The van der Waals surface area contributed by atoms with Gasteiger partial charge in [-0.25, -0.2) is 9.59 Å². The molecular formula is C11H19NO4. The first-order valence-corrected chi connectivity index (χ1v) is 5.17. The van der Waals surface area contributed by atoms with Crippen LogP contribution in [0.4, 0.5) is 4.79 Å². The molecule has 16 heavy (non-hydrogen) atoms. The van der Waals surface area contributed by atoms with Gasteiger partial charge >= 0.3 is 12.1 Å². The summed E-state index contributed by atoms with van der Waals surface area (Å²) in [6.07, 6.45) is 3.49. The van der Waals surface area contributed by atoms with E-state index in [1.807, 2.05) is 0 Å². The molecule has 0 radical (unpaired) electrons. The van der Waals surface area contributed by atoms with Crippen LogP contribution in [0.25, 0.3) is 0 Å². The Morgan fingerprint density at radius 2 is 2.00 bits per heavy atom. The van der Waals surface area contributed by atoms with Crippen molar-refractivity contribution in [3.8, 4) is 0 Å². The van der Waals surface area contributed by atoms with E-state index in [4.69, 9.17) is 9.84 Å². The van der Waals surface area contributed by atoms with Crippen LogP contribution in [0, 0.1) is 0 Å². The molecule has 0 aromatic carbocycles. The molecule has 0 fully saturated rings. The number of carboxylic acid groups (broad SMARTS) is 1. The first-order chi connectivity index (χ1) is 7.31. The van der Waals surface area contributed by atoms with Crippen LogP contribution >= 0.6 is 0 Å². The Balaban J connectivity index is 3.53. The molecule has 5 heteroatoms. The SMILES string of the molecule is CC(C)(C)OC(=O)NCCCC=CC(=O)O. The molecule has 0 aromatic heterocycles. The standard InChI is InChI=1S/C11H19NO4/c1-11(2,3)16-10(15)12-8-6-4-5-7-9(13)14/h5,7H,4,6,8H2,1-3H3,(H,12,15)(H,13,14). The molecule has 0 heterocycles. The van der Waals surface area contributed by atoms with Crippen molar-refractivity contribution in [3.63, 3.8) is 0 Å². The molecule has 2 N–H and O–H groups in total. The van der Waals surface area contributed by atoms with Gasteiger partial charge in [-0.15, -0.1) is 0 Å². The van der Waals surface area contributed by atoms with Crippen LogP contribution in [-0.2, 0) is 9.53 Å². The van der Waals surface area contributed by atoms with Gasteiger partial charge in [0, 0.05) is 12.6 Å². The number of carbonyl (C=O) groups is 2. The predicted molar refractivity (Wildman–Crippen MR) is 60.2 cm³/mol. The van der Waals surface area contributed by atoms with Gasteiger partial charge in [0.15, 0.2) is 0 Å². The fourth-order valence-electron chi connectivity index (χ4n) is 0.909. The lowest BCUT2D eigenvalue weighted by Crippen LogP contribution is -2.32. The molecule has 0 spiro atoms. The van der Waals surface area contributed by atoms with Crippen LogP contribution < -0.4 is 5.32 Å². The highest BCUT2D eigenvalue weighted by Crippen LogP contribution is 2.06. The van der Waals surface area contributed by atoms with Crippen molar-refractivity contribution in [3.05, 3.63) is 12.2 Å². The lowest BCUT2D eigenvalue weighted by Gasteiger charge is -2.19. The highest BCUT2D eigenvalue weighted by molar-refractivity contribution is 5.79. The number of alkyl carbamates (subject to hydrolysis) is 1. The summed E-state index contributed by atoms with van der Waals surface area (Å²) in [6, 6.07) is 0. The molecule has 0 aliphatic heterocycles. The van der Waals surface area contributed by atoms with Crippen molar-refractivity contribution in [2.24, 2.45) is 0 Å². The van der Waals surface area contributed by atoms with Crippen LogP contribution in [0.3, 0.4) is 0 Å². The molecule has 1 amide bonds. The van der Waals surface area contributed by atoms with E-state index in [1.165, 1.54) is 0 Å². The van der Waals surface area contributed by atoms with E-state index in [2.05, 4.69) is 5.32 Å². The van der Waals surface area contributed by atoms with Crippen LogP contribution in [0.2, 0.25) is 0 Å². The summed E-state index contributed by atoms with van der Waals surface area (Å²) in [6.45, 7) is 5.85. The van der Waals surface area contributed by atoms with Crippen LogP contribution in [0.1, 0.15) is 33.6 Å². The molecule has 0 aromatic rings. The van der Waals surface area contributed by atoms with E-state index in [1.54, 1.807) is 26.8 Å². The zero-order valence-corrected chi connectivity index (χ0v) is 9.95. The summed E-state index contributed by atoms with van der Waals surface area (Å²) >= 11 is 0. The van der Waals surface area contributed by atoms with Crippen molar-refractivity contribution < 1.29 is 19.4 Å². The largest absolute Gasteiger partial charge is 0.478 e. The molecule has 0 rings (SSSR count). The summed E-state index contributed by atoms with van der Waals surface area (Å²) in [5.74, 6) is -0.958. The minimum atomic E-state index is -0.958. The molecule has 0 saturated heterocycles. The Kier molecular flexibility index (Phi) is 6.22. The summed E-state index contributed by atoms with van der Waals surface area (Å²) in [5, 5.41) is 10.9. The maximum atomic E-state index is 11.2. The Hall–Kier alpha value is -1.52. The van der Waals surface area contributed by atoms with Gasteiger partial charge in [-0.2, -0.15) is 0 Å². The van der Waals surface area contributed by atoms with Gasteiger partial charge in [0.25, 0.3) is 0 Å². The van der Waals surface area contributed by atoms with Crippen LogP contribution in [-0.4, -0.2) is 29.3 Å². The Morgan fingerprint density at radius 1 is 1.38 bits per heavy atom. The smallest absolute Gasteiger partial charge is 0.407 e. The van der Waals surface area contributed by atoms with Crippen molar-refractivity contribution in [1.82, 2.24) is 5.32 Å². The first kappa shape index (κ1) is 14.5. The summed E-state index contributed by atoms with van der Waals surface area (Å²) in [4.78, 5) is 21.3. The predicted octanol–water partition coefficient (Wildman–Crippen LogP) is 1.93. The number of carboxylic acids is 1. The maximum Gasteiger partial charge on any atom is 0.407 e. The third-order valence-corrected chi connectivity index (χ3v) is 1.48. The highest BCUT2D eigenvalue weighted by atomic mass is 16.6. The van der Waals surface area contributed by atoms with E-state index in [0.717, 1.165) is 6.08 Å². The quantitative estimate of drug-likeness (QED) is 0.558. The number of ether oxygens (including phenoxy) is 1. The first-order valence-electron chi connectivity index (χ1n) is 5.17. The molecule has 0 aliphatic carbocycles. The monoisotopic (exact) mass is 229 g/mol. The molecule has 0 bridgehead atoms. The van der Waals surface area contributed by atoms with E-state index in [9.17, 15) is 9.59 Å². The van der Waals surface area contributed by atoms with Gasteiger partial charge in [-0.1, -0.05) is 6.08 Å². The fourth-order valence-corrected chi connectivity index (χ4v) is 0.909. The second-order valence-electron chi connectivity index (χ2n) is 4.31. The zero-order valence-electron chi connectivity index (χ0n) is 9.95. The lowest BCUT2D eigenvalue weighted by atomic mass is 10.2. The average molecular weight is 229 g/mol. The van der Waals surface area contributed by atoms with Gasteiger partial charge in [0.2, 0.25) is 0 Å². The molecular weight excluding hydrogens is 210 g/mol. The minimum absolute atomic E-state index is 0.449. The van der Waals surface area contributed by atoms with Gasteiger partial charge in [0.05, 0.1) is 0 Å². The van der Waals surface area contributed by atoms with Crippen molar-refractivity contribution in [2.45, 2.75) is 39.2 Å². The maximum absolute atomic E-state index is 11.2. The number of nitrogens with one attached hydrogen (secondary N) is 1. The average Bonchev–Trinajstić information content (AvgIpc) is 2.07. The summed E-state index contributed by atoms with van der Waals surface area (Å²) < 4.78 is 5.02. The third kappa shape index (κ3) is 10.6. The number of aliphatic carboxylic acids is 1. The van der Waals surface area contributed by atoms with E-state index in [-0.39, 0.29) is 0 Å². The lowest BCUT2D eigenvalue weighted by molar-refractivity contribution is -0.131. The molecule has 0 unspecified atom stereocenters. The van der Waals surface area contributed by atoms with Gasteiger partial charge in [0.1, 0.15) is 5.60 Å². The summed E-state index contributed by atoms with van der Waals surface area (Å²) in [5.41, 5.74) is -0.493. The van der Waals surface area contributed by atoms with Gasteiger partial charge in [-0.05, 0) is 33.6 Å². The fraction of sp³-hybridized carbons (Fsp3) is 0.636. The topological polar surface area (TPSA) is 75.6 Å². The molecule has 92 valence electrons. The molecule has 5 nitrogen and oxygen atoms in total. The third-order valence-electron chi connectivity index (χ3n) is 1.48. The van der Waals surface area contributed by atoms with E-state index < -0.39 is 17.7 Å². The number of unbranched alkanes of at least 4 members (excludes halogenated alkanes) is 1. The number of hydrogen-bond donors (Lipinski definition) is 2. The Morgan fingerprint density at radius 3 is 2.50 bits per heavy atom. The van der Waals surface area contributed by atoms with Crippen molar-refractivity contribution >= 4 is 12.1 Å². The number of amides is 1. The second kappa shape index (κ2) is 6.87. The minimum Gasteiger partial charge on any atom is -0.478 e. The normalized spacial score (nSPS) is 11.4. The number of carbonyl (C=O) groups excluding carboxylic acids is 1. The van der Waals surface area contributed by atoms with Gasteiger partial charge < -0.3 is 15.2 Å². The van der Waals surface area contributed by atoms with E-state index in [0.29, 0.717) is 19.4 Å². The zero-order chi connectivity index (χ0) is 12.6. The van der Waals surface area contributed by atoms with Gasteiger partial charge in [-0.3, -0.25) is 0 Å². The second-order valence-corrected chi connectivity index (χ2v) is 4.31. The van der Waals surface area contributed by atoms with Crippen molar-refractivity contribution in [2.75, 3.05) is 6.54 Å². The highest BCUT2D eigenvalue weighted by Gasteiger charge is 2.15. The van der Waals surface area contributed by atoms with E-state index >= 15 is 0 Å². The van der Waals surface area contributed by atoms with Crippen LogP contribution in [0.5, 0.6) is 0 Å². The Bertz CT molecular complexity index is 266. The number of rotatable bonds is 5. The number of hydrogen-bond acceptors (Lipinski definition) is 3. The molecule has 0 saturated carbocycles. The van der Waals surface area contributed by atoms with Crippen LogP contribution in [0.15, 0.2) is 12.2 Å². The summed E-state index contributed by atoms with van der Waals surface area (Å²) in [7, 11) is 0. The van der Waals surface area contributed by atoms with Crippen molar-refractivity contribution in [1.29, 1.82) is 0 Å². The molecule has 0 aliphatic rings. The number of allylic oxidation sites excluding steroid dienone is 1. The molecule has 0 atom stereocenters. The Labute approximate surface area is 95.5 Å².